The van der Waals surface area contributed by atoms with E-state index < -0.39 is 0 Å². The highest BCUT2D eigenvalue weighted by molar-refractivity contribution is 5.62. The lowest BCUT2D eigenvalue weighted by Gasteiger charge is -2.17. The molecule has 2 aromatic rings. The zero-order valence-electron chi connectivity index (χ0n) is 11.2. The maximum absolute atomic E-state index is 5.87. The molecule has 1 aliphatic rings. The van der Waals surface area contributed by atoms with E-state index in [0.29, 0.717) is 11.8 Å². The number of hydrogen-bond acceptors (Lipinski definition) is 4. The molecule has 0 amide bonds. The van der Waals surface area contributed by atoms with E-state index in [0.717, 1.165) is 22.7 Å². The van der Waals surface area contributed by atoms with Gasteiger partial charge in [-0.3, -0.25) is 0 Å². The van der Waals surface area contributed by atoms with Crippen LogP contribution in [0.25, 0.3) is 11.5 Å². The van der Waals surface area contributed by atoms with Crippen molar-refractivity contribution < 1.29 is 4.42 Å². The molecule has 4 nitrogen and oxygen atoms in total. The molecular formula is C15H19N3O. The average Bonchev–Trinajstić information content (AvgIpc) is 2.89. The molecule has 1 aromatic carbocycles. The van der Waals surface area contributed by atoms with Crippen molar-refractivity contribution in [3.05, 3.63) is 29.7 Å². The van der Waals surface area contributed by atoms with Gasteiger partial charge in [0.1, 0.15) is 0 Å². The summed E-state index contributed by atoms with van der Waals surface area (Å²) in [6.45, 7) is 2.01. The Balaban J connectivity index is 1.87. The predicted molar refractivity (Wildman–Crippen MR) is 74.7 cm³/mol. The lowest BCUT2D eigenvalue weighted by Crippen LogP contribution is -2.04. The fraction of sp³-hybridized carbons (Fsp3) is 0.467. The minimum atomic E-state index is 0.448. The second-order valence-electron chi connectivity index (χ2n) is 5.35. The highest BCUT2D eigenvalue weighted by Gasteiger charge is 2.22. The van der Waals surface area contributed by atoms with E-state index in [9.17, 15) is 0 Å². The molecule has 2 N–H and O–H groups in total. The van der Waals surface area contributed by atoms with Crippen molar-refractivity contribution >= 4 is 5.69 Å². The fourth-order valence-corrected chi connectivity index (χ4v) is 2.78. The quantitative estimate of drug-likeness (QED) is 0.833. The molecule has 1 fully saturated rings. The Labute approximate surface area is 113 Å². The van der Waals surface area contributed by atoms with Crippen molar-refractivity contribution in [1.29, 1.82) is 0 Å². The summed E-state index contributed by atoms with van der Waals surface area (Å²) in [7, 11) is 0. The van der Waals surface area contributed by atoms with Crippen LogP contribution >= 0.6 is 0 Å². The minimum absolute atomic E-state index is 0.448. The number of aryl methyl sites for hydroxylation is 1. The second kappa shape index (κ2) is 5.03. The molecule has 0 spiro atoms. The molecule has 0 saturated heterocycles. The summed E-state index contributed by atoms with van der Waals surface area (Å²) in [5.41, 5.74) is 8.56. The summed E-state index contributed by atoms with van der Waals surface area (Å²) in [6.07, 6.45) is 6.20. The van der Waals surface area contributed by atoms with Crippen LogP contribution in [0.1, 0.15) is 49.5 Å². The van der Waals surface area contributed by atoms with Gasteiger partial charge in [-0.2, -0.15) is 0 Å². The van der Waals surface area contributed by atoms with Gasteiger partial charge in [-0.1, -0.05) is 19.3 Å². The van der Waals surface area contributed by atoms with E-state index >= 15 is 0 Å². The van der Waals surface area contributed by atoms with E-state index in [1.807, 2.05) is 25.1 Å². The lowest BCUT2D eigenvalue weighted by molar-refractivity contribution is 0.367. The van der Waals surface area contributed by atoms with Crippen molar-refractivity contribution in [1.82, 2.24) is 10.2 Å². The Hall–Kier alpha value is -1.84. The van der Waals surface area contributed by atoms with Gasteiger partial charge in [-0.15, -0.1) is 10.2 Å². The molecule has 0 bridgehead atoms. The van der Waals surface area contributed by atoms with Crippen molar-refractivity contribution in [2.24, 2.45) is 0 Å². The van der Waals surface area contributed by atoms with Crippen LogP contribution in [0.2, 0.25) is 0 Å². The van der Waals surface area contributed by atoms with E-state index in [4.69, 9.17) is 10.2 Å². The molecule has 4 heteroatoms. The van der Waals surface area contributed by atoms with Gasteiger partial charge in [-0.25, -0.2) is 0 Å². The van der Waals surface area contributed by atoms with Crippen LogP contribution in [0.5, 0.6) is 0 Å². The number of nitrogens with two attached hydrogens (primary N) is 1. The van der Waals surface area contributed by atoms with Crippen molar-refractivity contribution in [3.63, 3.8) is 0 Å². The monoisotopic (exact) mass is 257 g/mol. The van der Waals surface area contributed by atoms with Crippen LogP contribution in [0.4, 0.5) is 5.69 Å². The normalized spacial score (nSPS) is 16.7. The third kappa shape index (κ3) is 2.48. The minimum Gasteiger partial charge on any atom is -0.420 e. The Morgan fingerprint density at radius 1 is 1.16 bits per heavy atom. The molecule has 0 atom stereocenters. The Morgan fingerprint density at radius 3 is 2.68 bits per heavy atom. The van der Waals surface area contributed by atoms with Crippen LogP contribution < -0.4 is 5.73 Å². The Kier molecular flexibility index (Phi) is 3.23. The van der Waals surface area contributed by atoms with Crippen LogP contribution in [-0.4, -0.2) is 10.2 Å². The smallest absolute Gasteiger partial charge is 0.248 e. The zero-order valence-corrected chi connectivity index (χ0v) is 11.2. The first-order valence-electron chi connectivity index (χ1n) is 6.94. The third-order valence-electron chi connectivity index (χ3n) is 3.88. The molecule has 19 heavy (non-hydrogen) atoms. The van der Waals surface area contributed by atoms with Gasteiger partial charge in [0.25, 0.3) is 0 Å². The molecule has 0 aliphatic heterocycles. The second-order valence-corrected chi connectivity index (χ2v) is 5.35. The van der Waals surface area contributed by atoms with E-state index in [1.54, 1.807) is 0 Å². The van der Waals surface area contributed by atoms with Crippen molar-refractivity contribution in [2.45, 2.75) is 44.9 Å². The first kappa shape index (κ1) is 12.2. The summed E-state index contributed by atoms with van der Waals surface area (Å²) < 4.78 is 5.87. The van der Waals surface area contributed by atoms with Crippen LogP contribution in [-0.2, 0) is 0 Å². The standard InChI is InChI=1S/C15H19N3O/c1-10-9-12(16)7-8-13(10)15-18-17-14(19-15)11-5-3-2-4-6-11/h7-9,11H,2-6,16H2,1H3. The zero-order chi connectivity index (χ0) is 13.2. The third-order valence-corrected chi connectivity index (χ3v) is 3.88. The van der Waals surface area contributed by atoms with E-state index in [2.05, 4.69) is 10.2 Å². The first-order chi connectivity index (χ1) is 9.24. The summed E-state index contributed by atoms with van der Waals surface area (Å²) in [6, 6.07) is 5.75. The molecule has 0 unspecified atom stereocenters. The number of rotatable bonds is 2. The van der Waals surface area contributed by atoms with Gasteiger partial charge in [0.05, 0.1) is 0 Å². The van der Waals surface area contributed by atoms with Gasteiger partial charge in [0.15, 0.2) is 0 Å². The summed E-state index contributed by atoms with van der Waals surface area (Å²) in [5, 5.41) is 8.43. The Bertz CT molecular complexity index is 571. The SMILES string of the molecule is Cc1cc(N)ccc1-c1nnc(C2CCCCC2)o1. The molecule has 1 aromatic heterocycles. The highest BCUT2D eigenvalue weighted by Crippen LogP contribution is 2.33. The topological polar surface area (TPSA) is 64.9 Å². The number of aromatic nitrogens is 2. The molecular weight excluding hydrogens is 238 g/mol. The maximum Gasteiger partial charge on any atom is 0.248 e. The number of anilines is 1. The van der Waals surface area contributed by atoms with Gasteiger partial charge in [-0.05, 0) is 43.5 Å². The van der Waals surface area contributed by atoms with Gasteiger partial charge in [0, 0.05) is 17.2 Å². The van der Waals surface area contributed by atoms with E-state index in [1.165, 1.54) is 32.1 Å². The summed E-state index contributed by atoms with van der Waals surface area (Å²) >= 11 is 0. The van der Waals surface area contributed by atoms with Crippen LogP contribution in [0, 0.1) is 6.92 Å². The maximum atomic E-state index is 5.87. The van der Waals surface area contributed by atoms with Gasteiger partial charge in [0.2, 0.25) is 11.8 Å². The van der Waals surface area contributed by atoms with Crippen LogP contribution in [0.15, 0.2) is 22.6 Å². The molecule has 1 saturated carbocycles. The molecule has 1 aliphatic carbocycles. The number of nitrogen functional groups attached to an aromatic ring is 1. The average molecular weight is 257 g/mol. The Morgan fingerprint density at radius 2 is 1.95 bits per heavy atom. The molecule has 3 rings (SSSR count). The number of hydrogen-bond donors (Lipinski definition) is 1. The van der Waals surface area contributed by atoms with E-state index in [-0.39, 0.29) is 0 Å². The largest absolute Gasteiger partial charge is 0.420 e. The first-order valence-corrected chi connectivity index (χ1v) is 6.94. The fourth-order valence-electron chi connectivity index (χ4n) is 2.78. The summed E-state index contributed by atoms with van der Waals surface area (Å²) in [4.78, 5) is 0. The van der Waals surface area contributed by atoms with Crippen LogP contribution in [0.3, 0.4) is 0 Å². The number of benzene rings is 1. The molecule has 100 valence electrons. The van der Waals surface area contributed by atoms with Crippen molar-refractivity contribution in [3.8, 4) is 11.5 Å². The summed E-state index contributed by atoms with van der Waals surface area (Å²) in [5.74, 6) is 1.85. The molecule has 0 radical (unpaired) electrons. The predicted octanol–water partition coefficient (Wildman–Crippen LogP) is 3.67. The van der Waals surface area contributed by atoms with Crippen molar-refractivity contribution in [2.75, 3.05) is 5.73 Å². The highest BCUT2D eigenvalue weighted by atomic mass is 16.4. The van der Waals surface area contributed by atoms with Gasteiger partial charge >= 0.3 is 0 Å². The molecule has 1 heterocycles. The van der Waals surface area contributed by atoms with Gasteiger partial charge < -0.3 is 10.2 Å². The number of nitrogens with zero attached hydrogens (tertiary/aromatic N) is 2. The lowest BCUT2D eigenvalue weighted by atomic mass is 9.89.